The molecule has 0 fully saturated rings. The molecule has 0 bridgehead atoms. The lowest BCUT2D eigenvalue weighted by atomic mass is 10.0. The maximum absolute atomic E-state index is 11.6. The van der Waals surface area contributed by atoms with Crippen molar-refractivity contribution in [3.8, 4) is 0 Å². The molecule has 0 saturated carbocycles. The zero-order valence-corrected chi connectivity index (χ0v) is 9.88. The Balaban J connectivity index is 4.55. The molecule has 14 heavy (non-hydrogen) atoms. The molecular formula is C11H20O3. The molecule has 0 atom stereocenters. The summed E-state index contributed by atoms with van der Waals surface area (Å²) in [5.41, 5.74) is 0.0983. The van der Waals surface area contributed by atoms with Crippen molar-refractivity contribution in [1.29, 1.82) is 0 Å². The largest absolute Gasteiger partial charge is 0.504 e. The average molecular weight is 200 g/mol. The lowest BCUT2D eigenvalue weighted by molar-refractivity contribution is -0.150. The molecule has 0 aliphatic heterocycles. The summed E-state index contributed by atoms with van der Waals surface area (Å²) < 4.78 is 10.1. The standard InChI is InChI=1S/C11H20O3/c1-8(2)9(7-13-6)10(12)14-11(3,4)5/h7-8H,1-6H3. The van der Waals surface area contributed by atoms with Gasteiger partial charge in [-0.1, -0.05) is 13.8 Å². The zero-order valence-electron chi connectivity index (χ0n) is 9.88. The smallest absolute Gasteiger partial charge is 0.337 e. The normalized spacial score (nSPS) is 12.9. The number of hydrogen-bond acceptors (Lipinski definition) is 3. The predicted molar refractivity (Wildman–Crippen MR) is 55.8 cm³/mol. The first-order valence-corrected chi connectivity index (χ1v) is 4.74. The SMILES string of the molecule is COC=C(C(=O)OC(C)(C)C)C(C)C. The summed E-state index contributed by atoms with van der Waals surface area (Å²) in [5, 5.41) is 0. The van der Waals surface area contributed by atoms with Crippen LogP contribution in [-0.2, 0) is 14.3 Å². The quantitative estimate of drug-likeness (QED) is 0.399. The predicted octanol–water partition coefficient (Wildman–Crippen LogP) is 2.51. The minimum absolute atomic E-state index is 0.102. The Bertz CT molecular complexity index is 221. The first-order chi connectivity index (χ1) is 6.28. The van der Waals surface area contributed by atoms with Crippen LogP contribution in [0, 0.1) is 5.92 Å². The van der Waals surface area contributed by atoms with Crippen LogP contribution in [0.5, 0.6) is 0 Å². The third kappa shape index (κ3) is 4.90. The van der Waals surface area contributed by atoms with Gasteiger partial charge in [-0.3, -0.25) is 0 Å². The molecule has 0 N–H and O–H groups in total. The Morgan fingerprint density at radius 1 is 1.29 bits per heavy atom. The maximum atomic E-state index is 11.6. The van der Waals surface area contributed by atoms with E-state index < -0.39 is 5.60 Å². The molecule has 0 radical (unpaired) electrons. The van der Waals surface area contributed by atoms with Crippen molar-refractivity contribution in [3.05, 3.63) is 11.8 Å². The van der Waals surface area contributed by atoms with Crippen LogP contribution in [0.3, 0.4) is 0 Å². The third-order valence-corrected chi connectivity index (χ3v) is 1.50. The van der Waals surface area contributed by atoms with Gasteiger partial charge in [0.2, 0.25) is 0 Å². The van der Waals surface area contributed by atoms with Crippen molar-refractivity contribution in [1.82, 2.24) is 0 Å². The average Bonchev–Trinajstić information content (AvgIpc) is 1.95. The lowest BCUT2D eigenvalue weighted by Crippen LogP contribution is -2.26. The van der Waals surface area contributed by atoms with Crippen LogP contribution in [-0.4, -0.2) is 18.7 Å². The van der Waals surface area contributed by atoms with E-state index in [1.165, 1.54) is 13.4 Å². The molecule has 82 valence electrons. The summed E-state index contributed by atoms with van der Waals surface area (Å²) in [5.74, 6) is -0.209. The number of ether oxygens (including phenoxy) is 2. The van der Waals surface area contributed by atoms with E-state index in [0.717, 1.165) is 0 Å². The second kappa shape index (κ2) is 5.03. The topological polar surface area (TPSA) is 35.5 Å². The monoisotopic (exact) mass is 200 g/mol. The van der Waals surface area contributed by atoms with Crippen LogP contribution >= 0.6 is 0 Å². The fraction of sp³-hybridized carbons (Fsp3) is 0.727. The summed E-state index contributed by atoms with van der Waals surface area (Å²) in [6, 6.07) is 0. The van der Waals surface area contributed by atoms with E-state index in [-0.39, 0.29) is 11.9 Å². The molecule has 3 heteroatoms. The van der Waals surface area contributed by atoms with Gasteiger partial charge in [-0.15, -0.1) is 0 Å². The van der Waals surface area contributed by atoms with Crippen LogP contribution in [0.1, 0.15) is 34.6 Å². The minimum atomic E-state index is -0.460. The second-order valence-corrected chi connectivity index (χ2v) is 4.47. The van der Waals surface area contributed by atoms with E-state index in [1.807, 2.05) is 34.6 Å². The number of carbonyl (C=O) groups is 1. The summed E-state index contributed by atoms with van der Waals surface area (Å²) in [4.78, 5) is 11.6. The molecule has 0 aromatic heterocycles. The van der Waals surface area contributed by atoms with Crippen molar-refractivity contribution in [2.45, 2.75) is 40.2 Å². The summed E-state index contributed by atoms with van der Waals surface area (Å²) in [7, 11) is 1.52. The molecular weight excluding hydrogens is 180 g/mol. The molecule has 0 unspecified atom stereocenters. The molecule has 0 spiro atoms. The summed E-state index contributed by atoms with van der Waals surface area (Å²) in [6.45, 7) is 9.38. The van der Waals surface area contributed by atoms with Gasteiger partial charge in [0.15, 0.2) is 0 Å². The lowest BCUT2D eigenvalue weighted by Gasteiger charge is -2.21. The Morgan fingerprint density at radius 2 is 1.79 bits per heavy atom. The molecule has 0 aliphatic rings. The van der Waals surface area contributed by atoms with Crippen LogP contribution in [0.25, 0.3) is 0 Å². The van der Waals surface area contributed by atoms with Gasteiger partial charge in [0, 0.05) is 0 Å². The van der Waals surface area contributed by atoms with Crippen LogP contribution in [0.4, 0.5) is 0 Å². The minimum Gasteiger partial charge on any atom is -0.504 e. The molecule has 3 nitrogen and oxygen atoms in total. The maximum Gasteiger partial charge on any atom is 0.337 e. The van der Waals surface area contributed by atoms with Crippen molar-refractivity contribution in [2.24, 2.45) is 5.92 Å². The Morgan fingerprint density at radius 3 is 2.07 bits per heavy atom. The van der Waals surface area contributed by atoms with Crippen LogP contribution in [0.15, 0.2) is 11.8 Å². The van der Waals surface area contributed by atoms with Crippen LogP contribution < -0.4 is 0 Å². The number of hydrogen-bond donors (Lipinski definition) is 0. The highest BCUT2D eigenvalue weighted by molar-refractivity contribution is 5.88. The van der Waals surface area contributed by atoms with Gasteiger partial charge in [-0.2, -0.15) is 0 Å². The molecule has 0 rings (SSSR count). The summed E-state index contributed by atoms with van der Waals surface area (Å²) >= 11 is 0. The van der Waals surface area contributed by atoms with Crippen molar-refractivity contribution in [3.63, 3.8) is 0 Å². The Labute approximate surface area is 86.1 Å². The van der Waals surface area contributed by atoms with E-state index in [4.69, 9.17) is 9.47 Å². The molecule has 0 amide bonds. The number of esters is 1. The van der Waals surface area contributed by atoms with E-state index in [9.17, 15) is 4.79 Å². The van der Waals surface area contributed by atoms with Crippen molar-refractivity contribution >= 4 is 5.97 Å². The van der Waals surface area contributed by atoms with Gasteiger partial charge in [0.05, 0.1) is 18.9 Å². The van der Waals surface area contributed by atoms with E-state index in [1.54, 1.807) is 0 Å². The van der Waals surface area contributed by atoms with Gasteiger partial charge >= 0.3 is 5.97 Å². The first kappa shape index (κ1) is 13.0. The second-order valence-electron chi connectivity index (χ2n) is 4.47. The number of carbonyl (C=O) groups excluding carboxylic acids is 1. The van der Waals surface area contributed by atoms with Crippen LogP contribution in [0.2, 0.25) is 0 Å². The highest BCUT2D eigenvalue weighted by atomic mass is 16.6. The van der Waals surface area contributed by atoms with E-state index in [0.29, 0.717) is 5.57 Å². The molecule has 0 saturated heterocycles. The highest BCUT2D eigenvalue weighted by Gasteiger charge is 2.21. The fourth-order valence-corrected chi connectivity index (χ4v) is 0.884. The fourth-order valence-electron chi connectivity index (χ4n) is 0.884. The molecule has 0 heterocycles. The molecule has 0 aromatic rings. The van der Waals surface area contributed by atoms with E-state index >= 15 is 0 Å². The summed E-state index contributed by atoms with van der Waals surface area (Å²) in [6.07, 6.45) is 1.44. The van der Waals surface area contributed by atoms with Gasteiger partial charge in [0.25, 0.3) is 0 Å². The van der Waals surface area contributed by atoms with Gasteiger partial charge in [-0.25, -0.2) is 4.79 Å². The Hall–Kier alpha value is -0.990. The highest BCUT2D eigenvalue weighted by Crippen LogP contribution is 2.16. The van der Waals surface area contributed by atoms with Crippen molar-refractivity contribution in [2.75, 3.05) is 7.11 Å². The first-order valence-electron chi connectivity index (χ1n) is 4.74. The molecule has 0 aromatic carbocycles. The number of rotatable bonds is 3. The van der Waals surface area contributed by atoms with Gasteiger partial charge in [0.1, 0.15) is 5.60 Å². The molecule has 0 aliphatic carbocycles. The third-order valence-electron chi connectivity index (χ3n) is 1.50. The van der Waals surface area contributed by atoms with Gasteiger partial charge in [-0.05, 0) is 26.7 Å². The number of methoxy groups -OCH3 is 1. The Kier molecular flexibility index (Phi) is 4.68. The van der Waals surface area contributed by atoms with E-state index in [2.05, 4.69) is 0 Å². The van der Waals surface area contributed by atoms with Crippen molar-refractivity contribution < 1.29 is 14.3 Å². The zero-order chi connectivity index (χ0) is 11.4. The van der Waals surface area contributed by atoms with Gasteiger partial charge < -0.3 is 9.47 Å².